The Bertz CT molecular complexity index is 1070. The van der Waals surface area contributed by atoms with Gasteiger partial charge in [0.05, 0.1) is 25.5 Å². The van der Waals surface area contributed by atoms with Gasteiger partial charge < -0.3 is 19.9 Å². The summed E-state index contributed by atoms with van der Waals surface area (Å²) in [6.07, 6.45) is 5.61. The Labute approximate surface area is 196 Å². The summed E-state index contributed by atoms with van der Waals surface area (Å²) in [5, 5.41) is 13.4. The molecule has 2 atom stereocenters. The third kappa shape index (κ3) is 5.28. The number of alkyl halides is 3. The lowest BCUT2D eigenvalue weighted by Gasteiger charge is -2.30. The average Bonchev–Trinajstić information content (AvgIpc) is 3.48. The monoisotopic (exact) mass is 479 g/mol. The molecule has 4 N–H and O–H groups in total. The van der Waals surface area contributed by atoms with E-state index in [0.717, 1.165) is 5.57 Å². The predicted octanol–water partition coefficient (Wildman–Crippen LogP) is 3.68. The van der Waals surface area contributed by atoms with Crippen LogP contribution in [0.1, 0.15) is 36.2 Å². The number of halogens is 3. The molecule has 2 aliphatic rings. The number of hydrogen-bond donors (Lipinski definition) is 3. The zero-order valence-electron chi connectivity index (χ0n) is 19.1. The highest BCUT2D eigenvalue weighted by molar-refractivity contribution is 6.01. The number of nitrogens with zero attached hydrogens (tertiary/aromatic N) is 1. The van der Waals surface area contributed by atoms with Gasteiger partial charge in [-0.15, -0.1) is 0 Å². The molecule has 1 amide bonds. The van der Waals surface area contributed by atoms with Crippen molar-refractivity contribution in [3.63, 3.8) is 0 Å². The summed E-state index contributed by atoms with van der Waals surface area (Å²) >= 11 is 0. The minimum atomic E-state index is -3.21. The van der Waals surface area contributed by atoms with E-state index >= 15 is 0 Å². The van der Waals surface area contributed by atoms with Crippen LogP contribution in [0, 0.1) is 5.41 Å². The van der Waals surface area contributed by atoms with Gasteiger partial charge in [-0.3, -0.25) is 9.80 Å². The smallest absolute Gasteiger partial charge is 0.387 e. The van der Waals surface area contributed by atoms with E-state index in [-0.39, 0.29) is 24.3 Å². The summed E-state index contributed by atoms with van der Waals surface area (Å²) in [6.45, 7) is 4.21. The first-order valence-electron chi connectivity index (χ1n) is 10.6. The largest absolute Gasteiger partial charge is 0.496 e. The van der Waals surface area contributed by atoms with Crippen molar-refractivity contribution in [3.8, 4) is 11.5 Å². The number of nitrogens with one attached hydrogen (secondary N) is 1. The van der Waals surface area contributed by atoms with Crippen molar-refractivity contribution < 1.29 is 32.5 Å². The molecule has 0 spiro atoms. The maximum absolute atomic E-state index is 13.3. The molecule has 3 rings (SSSR count). The second kappa shape index (κ2) is 9.94. The number of rotatable bonds is 9. The van der Waals surface area contributed by atoms with Crippen LogP contribution in [-0.4, -0.2) is 48.6 Å². The highest BCUT2D eigenvalue weighted by Gasteiger charge is 2.40. The molecule has 1 aromatic rings. The number of nitrogens with two attached hydrogens (primary N) is 1. The number of hydrogen-bond acceptors (Lipinski definition) is 6. The number of carbonyl (C=O) groups excluding carboxylic acids is 1. The second-order valence-electron chi connectivity index (χ2n) is 8.63. The molecule has 1 fully saturated rings. The Hall–Kier alpha value is -3.24. The number of hydrazine groups is 1. The highest BCUT2D eigenvalue weighted by Crippen LogP contribution is 2.38. The van der Waals surface area contributed by atoms with E-state index in [1.165, 1.54) is 30.3 Å². The molecule has 10 heteroatoms. The van der Waals surface area contributed by atoms with Gasteiger partial charge in [-0.25, -0.2) is 10.2 Å². The van der Waals surface area contributed by atoms with Crippen molar-refractivity contribution in [1.82, 2.24) is 10.3 Å². The molecule has 1 aliphatic carbocycles. The van der Waals surface area contributed by atoms with Crippen LogP contribution in [0.2, 0.25) is 0 Å². The number of carbonyl (C=O) groups is 1. The van der Waals surface area contributed by atoms with E-state index in [2.05, 4.69) is 16.6 Å². The highest BCUT2D eigenvalue weighted by atomic mass is 19.3. The van der Waals surface area contributed by atoms with Gasteiger partial charge in [0.1, 0.15) is 23.2 Å². The molecular formula is C24H28F3N3O4. The third-order valence-electron chi connectivity index (χ3n) is 5.70. The van der Waals surface area contributed by atoms with Crippen molar-refractivity contribution in [1.29, 1.82) is 0 Å². The first-order chi connectivity index (χ1) is 16.0. The topological polar surface area (TPSA) is 97.0 Å². The van der Waals surface area contributed by atoms with Crippen LogP contribution in [-0.2, 0) is 0 Å². The Kier molecular flexibility index (Phi) is 7.42. The average molecular weight is 479 g/mol. The summed E-state index contributed by atoms with van der Waals surface area (Å²) in [6, 6.07) is 2.05. The lowest BCUT2D eigenvalue weighted by Crippen LogP contribution is -2.30. The number of allylic oxidation sites excluding steroid dienone is 4. The predicted molar refractivity (Wildman–Crippen MR) is 122 cm³/mol. The molecule has 0 unspecified atom stereocenters. The molecule has 1 saturated carbocycles. The molecule has 184 valence electrons. The number of amides is 1. The molecule has 7 nitrogen and oxygen atoms in total. The molecule has 0 saturated heterocycles. The lowest BCUT2D eigenvalue weighted by atomic mass is 9.84. The van der Waals surface area contributed by atoms with Gasteiger partial charge in [0.2, 0.25) is 0 Å². The maximum atomic E-state index is 13.3. The van der Waals surface area contributed by atoms with Crippen LogP contribution >= 0.6 is 0 Å². The van der Waals surface area contributed by atoms with Gasteiger partial charge >= 0.3 is 6.61 Å². The fourth-order valence-corrected chi connectivity index (χ4v) is 3.48. The summed E-state index contributed by atoms with van der Waals surface area (Å²) in [7, 11) is 1.28. The normalized spacial score (nSPS) is 21.2. The van der Waals surface area contributed by atoms with Gasteiger partial charge in [-0.1, -0.05) is 32.6 Å². The Morgan fingerprint density at radius 1 is 1.38 bits per heavy atom. The van der Waals surface area contributed by atoms with Crippen LogP contribution in [0.15, 0.2) is 54.4 Å². The van der Waals surface area contributed by atoms with Crippen molar-refractivity contribution in [2.24, 2.45) is 11.3 Å². The maximum Gasteiger partial charge on any atom is 0.387 e. The summed E-state index contributed by atoms with van der Waals surface area (Å²) in [5.41, 5.74) is 1.25. The van der Waals surface area contributed by atoms with E-state index < -0.39 is 35.9 Å². The zero-order chi connectivity index (χ0) is 25.2. The summed E-state index contributed by atoms with van der Waals surface area (Å²) in [5.74, 6) is 4.96. The van der Waals surface area contributed by atoms with Crippen molar-refractivity contribution in [2.75, 3.05) is 13.7 Å². The van der Waals surface area contributed by atoms with Crippen LogP contribution in [0.5, 0.6) is 11.5 Å². The fourth-order valence-electron chi connectivity index (χ4n) is 3.48. The number of aliphatic hydroxyl groups is 1. The van der Waals surface area contributed by atoms with Crippen LogP contribution in [0.3, 0.4) is 0 Å². The van der Waals surface area contributed by atoms with Crippen LogP contribution < -0.4 is 20.6 Å². The summed E-state index contributed by atoms with van der Waals surface area (Å²) in [4.78, 5) is 12.7. The molecule has 0 aromatic heterocycles. The van der Waals surface area contributed by atoms with Gasteiger partial charge in [-0.05, 0) is 29.3 Å². The third-order valence-corrected chi connectivity index (χ3v) is 5.70. The van der Waals surface area contributed by atoms with Gasteiger partial charge in [0.25, 0.3) is 5.91 Å². The molecule has 1 heterocycles. The van der Waals surface area contributed by atoms with E-state index in [9.17, 15) is 23.1 Å². The second-order valence-corrected chi connectivity index (χ2v) is 8.63. The van der Waals surface area contributed by atoms with E-state index in [0.29, 0.717) is 16.8 Å². The number of benzene rings is 1. The molecular weight excluding hydrogens is 451 g/mol. The SMILES string of the molecule is C=C/C(=C1/C=CC(C(C)(C)CO)=CN1N)c1cc(OC)c(C(=O)N[C@@H]2C[C@@H]2F)c(OC(F)F)c1. The zero-order valence-corrected chi connectivity index (χ0v) is 19.1. The minimum Gasteiger partial charge on any atom is -0.496 e. The lowest BCUT2D eigenvalue weighted by molar-refractivity contribution is -0.0502. The van der Waals surface area contributed by atoms with E-state index in [1.807, 2.05) is 13.8 Å². The van der Waals surface area contributed by atoms with Crippen LogP contribution in [0.25, 0.3) is 5.57 Å². The van der Waals surface area contributed by atoms with Gasteiger partial charge in [0, 0.05) is 23.6 Å². The standard InChI is InChI=1S/C24H28F3N3O4/c1-5-15(18-7-6-14(11-30(18)28)24(2,3)12-31)13-8-19(33-4)21(20(9-13)34-23(26)27)22(32)29-17-10-16(17)25/h5-9,11,16-17,23,31H,1,10,12,28H2,2-4H3,(H,29,32)/b18-15+/t16-,17+/m0/s1. The van der Waals surface area contributed by atoms with E-state index in [4.69, 9.17) is 10.6 Å². The molecule has 0 radical (unpaired) electrons. The molecule has 1 aromatic carbocycles. The summed E-state index contributed by atoms with van der Waals surface area (Å²) < 4.78 is 49.6. The van der Waals surface area contributed by atoms with Crippen molar-refractivity contribution in [3.05, 3.63) is 65.5 Å². The Morgan fingerprint density at radius 3 is 2.53 bits per heavy atom. The Balaban J connectivity index is 2.08. The van der Waals surface area contributed by atoms with Gasteiger partial charge in [-0.2, -0.15) is 8.78 Å². The molecule has 1 aliphatic heterocycles. The Morgan fingerprint density at radius 2 is 2.03 bits per heavy atom. The minimum absolute atomic E-state index is 0.0392. The fraction of sp³-hybridized carbons (Fsp3) is 0.375. The quantitative estimate of drug-likeness (QED) is 0.468. The molecule has 34 heavy (non-hydrogen) atoms. The first-order valence-corrected chi connectivity index (χ1v) is 10.6. The van der Waals surface area contributed by atoms with E-state index in [1.54, 1.807) is 18.4 Å². The first kappa shape index (κ1) is 25.4. The number of ether oxygens (including phenoxy) is 2. The van der Waals surface area contributed by atoms with Gasteiger partial charge in [0.15, 0.2) is 0 Å². The van der Waals surface area contributed by atoms with Crippen molar-refractivity contribution in [2.45, 2.75) is 39.1 Å². The van der Waals surface area contributed by atoms with Crippen molar-refractivity contribution >= 4 is 11.5 Å². The number of aliphatic hydroxyl groups excluding tert-OH is 1. The van der Waals surface area contributed by atoms with Crippen LogP contribution in [0.4, 0.5) is 13.2 Å². The number of methoxy groups -OCH3 is 1. The molecule has 0 bridgehead atoms.